The van der Waals surface area contributed by atoms with Gasteiger partial charge in [-0.1, -0.05) is 0 Å². The minimum atomic E-state index is -0.304. The van der Waals surface area contributed by atoms with Gasteiger partial charge in [0.15, 0.2) is 0 Å². The molecular formula is C14H24O2. The fourth-order valence-corrected chi connectivity index (χ4v) is 2.78. The minimum absolute atomic E-state index is 0.149. The van der Waals surface area contributed by atoms with Gasteiger partial charge in [-0.3, -0.25) is 0 Å². The van der Waals surface area contributed by atoms with Gasteiger partial charge >= 0.3 is 0 Å². The molecule has 1 atom stereocenters. The fraction of sp³-hybridized carbons (Fsp3) is 0.714. The lowest BCUT2D eigenvalue weighted by atomic mass is 9.64. The Bertz CT molecular complexity index is 361. The van der Waals surface area contributed by atoms with Crippen LogP contribution in [0.25, 0.3) is 0 Å². The predicted octanol–water partition coefficient (Wildman–Crippen LogP) is 3.69. The van der Waals surface area contributed by atoms with E-state index in [1.807, 2.05) is 0 Å². The maximum atomic E-state index is 5.78. The summed E-state index contributed by atoms with van der Waals surface area (Å²) in [5.74, 6) is 1.03. The number of methoxy groups -OCH3 is 2. The fourth-order valence-electron chi connectivity index (χ4n) is 2.78. The first-order valence-corrected chi connectivity index (χ1v) is 5.72. The second kappa shape index (κ2) is 3.92. The predicted molar refractivity (Wildman–Crippen MR) is 67.3 cm³/mol. The van der Waals surface area contributed by atoms with E-state index in [1.165, 1.54) is 16.7 Å². The van der Waals surface area contributed by atoms with Gasteiger partial charge < -0.3 is 9.47 Å². The Morgan fingerprint density at radius 2 is 1.38 bits per heavy atom. The molecule has 16 heavy (non-hydrogen) atoms. The standard InChI is InChI=1S/C14H24O2/c1-9-10(2)12(15-7)13(4,5)14(6,16-8)11(9)3/h1-8H3. The van der Waals surface area contributed by atoms with Crippen LogP contribution in [-0.2, 0) is 9.47 Å². The third-order valence-corrected chi connectivity index (χ3v) is 4.55. The molecule has 0 amide bonds. The molecule has 0 bridgehead atoms. The van der Waals surface area contributed by atoms with Crippen LogP contribution < -0.4 is 0 Å². The van der Waals surface area contributed by atoms with Crippen molar-refractivity contribution in [2.24, 2.45) is 5.41 Å². The second-order valence-corrected chi connectivity index (χ2v) is 5.27. The molecule has 0 spiro atoms. The molecule has 0 saturated carbocycles. The second-order valence-electron chi connectivity index (χ2n) is 5.27. The van der Waals surface area contributed by atoms with Crippen molar-refractivity contribution in [1.29, 1.82) is 0 Å². The highest BCUT2D eigenvalue weighted by atomic mass is 16.5. The van der Waals surface area contributed by atoms with Crippen molar-refractivity contribution in [3.8, 4) is 0 Å². The molecule has 0 aliphatic heterocycles. The molecule has 0 N–H and O–H groups in total. The Labute approximate surface area is 99.3 Å². The lowest BCUT2D eigenvalue weighted by Gasteiger charge is -2.48. The van der Waals surface area contributed by atoms with Crippen molar-refractivity contribution in [2.45, 2.75) is 47.1 Å². The maximum absolute atomic E-state index is 5.78. The van der Waals surface area contributed by atoms with Gasteiger partial charge in [0.1, 0.15) is 5.76 Å². The lowest BCUT2D eigenvalue weighted by Crippen LogP contribution is -2.49. The SMILES string of the molecule is COC1=C(C)C(C)=C(C)C(C)(OC)C1(C)C. The molecule has 1 unspecified atom stereocenters. The van der Waals surface area contributed by atoms with E-state index in [2.05, 4.69) is 41.5 Å². The Balaban J connectivity index is 3.53. The van der Waals surface area contributed by atoms with Gasteiger partial charge in [0.05, 0.1) is 18.1 Å². The summed E-state index contributed by atoms with van der Waals surface area (Å²) in [5, 5.41) is 0. The van der Waals surface area contributed by atoms with E-state index in [0.717, 1.165) is 5.76 Å². The zero-order valence-electron chi connectivity index (χ0n) is 11.8. The van der Waals surface area contributed by atoms with E-state index in [0.29, 0.717) is 0 Å². The summed E-state index contributed by atoms with van der Waals surface area (Å²) in [6.45, 7) is 12.9. The van der Waals surface area contributed by atoms with Crippen molar-refractivity contribution >= 4 is 0 Å². The molecule has 0 fully saturated rings. The van der Waals surface area contributed by atoms with E-state index < -0.39 is 0 Å². The van der Waals surface area contributed by atoms with E-state index in [9.17, 15) is 0 Å². The summed E-state index contributed by atoms with van der Waals surface area (Å²) in [6, 6.07) is 0. The molecule has 0 radical (unpaired) electrons. The first-order valence-electron chi connectivity index (χ1n) is 5.72. The summed E-state index contributed by atoms with van der Waals surface area (Å²) in [6.07, 6.45) is 0. The van der Waals surface area contributed by atoms with Crippen molar-refractivity contribution in [3.63, 3.8) is 0 Å². The van der Waals surface area contributed by atoms with Gasteiger partial charge in [0, 0.05) is 7.11 Å². The van der Waals surface area contributed by atoms with Crippen LogP contribution in [-0.4, -0.2) is 19.8 Å². The normalized spacial score (nSPS) is 29.8. The summed E-state index contributed by atoms with van der Waals surface area (Å²) in [7, 11) is 3.51. The first kappa shape index (κ1) is 13.3. The van der Waals surface area contributed by atoms with Crippen LogP contribution >= 0.6 is 0 Å². The lowest BCUT2D eigenvalue weighted by molar-refractivity contribution is -0.0626. The van der Waals surface area contributed by atoms with Crippen LogP contribution in [0.5, 0.6) is 0 Å². The van der Waals surface area contributed by atoms with Gasteiger partial charge in [-0.05, 0) is 58.3 Å². The highest BCUT2D eigenvalue weighted by Gasteiger charge is 2.50. The zero-order chi connectivity index (χ0) is 12.7. The highest BCUT2D eigenvalue weighted by molar-refractivity contribution is 5.46. The number of hydrogen-bond donors (Lipinski definition) is 0. The first-order chi connectivity index (χ1) is 7.24. The summed E-state index contributed by atoms with van der Waals surface area (Å²) >= 11 is 0. The minimum Gasteiger partial charge on any atom is -0.500 e. The van der Waals surface area contributed by atoms with Crippen molar-refractivity contribution in [3.05, 3.63) is 22.5 Å². The monoisotopic (exact) mass is 224 g/mol. The van der Waals surface area contributed by atoms with E-state index >= 15 is 0 Å². The van der Waals surface area contributed by atoms with E-state index in [-0.39, 0.29) is 11.0 Å². The average Bonchev–Trinajstić information content (AvgIpc) is 2.24. The molecule has 0 heterocycles. The Morgan fingerprint density at radius 1 is 0.875 bits per heavy atom. The van der Waals surface area contributed by atoms with Crippen LogP contribution in [0.2, 0.25) is 0 Å². The van der Waals surface area contributed by atoms with Crippen LogP contribution in [0.15, 0.2) is 22.5 Å². The summed E-state index contributed by atoms with van der Waals surface area (Å²) in [5.41, 5.74) is 3.35. The molecule has 0 aromatic carbocycles. The zero-order valence-corrected chi connectivity index (χ0v) is 11.8. The number of rotatable bonds is 2. The third-order valence-electron chi connectivity index (χ3n) is 4.55. The van der Waals surface area contributed by atoms with Gasteiger partial charge in [0.25, 0.3) is 0 Å². The van der Waals surface area contributed by atoms with Gasteiger partial charge in [-0.2, -0.15) is 0 Å². The third kappa shape index (κ3) is 1.43. The van der Waals surface area contributed by atoms with Crippen LogP contribution in [0, 0.1) is 5.41 Å². The summed E-state index contributed by atoms with van der Waals surface area (Å²) in [4.78, 5) is 0. The molecule has 1 aliphatic carbocycles. The molecular weight excluding hydrogens is 200 g/mol. The highest BCUT2D eigenvalue weighted by Crippen LogP contribution is 2.51. The van der Waals surface area contributed by atoms with Gasteiger partial charge in [0.2, 0.25) is 0 Å². The molecule has 2 nitrogen and oxygen atoms in total. The molecule has 1 rings (SSSR count). The molecule has 0 aromatic rings. The molecule has 0 aromatic heterocycles. The Morgan fingerprint density at radius 3 is 1.75 bits per heavy atom. The smallest absolute Gasteiger partial charge is 0.107 e. The van der Waals surface area contributed by atoms with Gasteiger partial charge in [-0.15, -0.1) is 0 Å². The molecule has 0 saturated heterocycles. The van der Waals surface area contributed by atoms with E-state index in [4.69, 9.17) is 9.47 Å². The Kier molecular flexibility index (Phi) is 3.26. The summed E-state index contributed by atoms with van der Waals surface area (Å²) < 4.78 is 11.4. The molecule has 92 valence electrons. The van der Waals surface area contributed by atoms with Crippen molar-refractivity contribution in [1.82, 2.24) is 0 Å². The van der Waals surface area contributed by atoms with Crippen LogP contribution in [0.1, 0.15) is 41.5 Å². The quantitative estimate of drug-likeness (QED) is 0.712. The van der Waals surface area contributed by atoms with E-state index in [1.54, 1.807) is 14.2 Å². The Hall–Kier alpha value is -0.760. The molecule has 2 heteroatoms. The van der Waals surface area contributed by atoms with Crippen LogP contribution in [0.3, 0.4) is 0 Å². The van der Waals surface area contributed by atoms with Crippen molar-refractivity contribution in [2.75, 3.05) is 14.2 Å². The van der Waals surface area contributed by atoms with Gasteiger partial charge in [-0.25, -0.2) is 0 Å². The van der Waals surface area contributed by atoms with Crippen molar-refractivity contribution < 1.29 is 9.47 Å². The average molecular weight is 224 g/mol. The number of hydrogen-bond acceptors (Lipinski definition) is 2. The topological polar surface area (TPSA) is 18.5 Å². The molecule has 1 aliphatic rings. The number of ether oxygens (including phenoxy) is 2. The van der Waals surface area contributed by atoms with Crippen LogP contribution in [0.4, 0.5) is 0 Å². The largest absolute Gasteiger partial charge is 0.500 e. The number of allylic oxidation sites excluding steroid dienone is 2. The maximum Gasteiger partial charge on any atom is 0.107 e.